The van der Waals surface area contributed by atoms with Crippen LogP contribution in [-0.4, -0.2) is 54.6 Å². The Hall–Kier alpha value is -2.18. The molecule has 2 saturated carbocycles. The topological polar surface area (TPSA) is 116 Å². The number of benzene rings is 2. The number of sulfone groups is 1. The minimum absolute atomic E-state index is 0.0833. The van der Waals surface area contributed by atoms with Crippen LogP contribution in [0.25, 0.3) is 0 Å². The molecule has 2 aliphatic carbocycles. The maximum atomic E-state index is 13.7. The van der Waals surface area contributed by atoms with Crippen molar-refractivity contribution in [2.24, 2.45) is 17.8 Å². The van der Waals surface area contributed by atoms with E-state index in [1.807, 2.05) is 6.92 Å². The summed E-state index contributed by atoms with van der Waals surface area (Å²) in [5, 5.41) is 25.3. The summed E-state index contributed by atoms with van der Waals surface area (Å²) in [6.07, 6.45) is 1.06. The third kappa shape index (κ3) is 5.31. The Bertz CT molecular complexity index is 1320. The van der Waals surface area contributed by atoms with E-state index in [0.717, 1.165) is 6.07 Å². The maximum Gasteiger partial charge on any atom is 0.255 e. The third-order valence-corrected chi connectivity index (χ3v) is 10.6. The number of amides is 1. The van der Waals surface area contributed by atoms with Crippen molar-refractivity contribution < 1.29 is 36.6 Å². The van der Waals surface area contributed by atoms with Crippen molar-refractivity contribution in [3.8, 4) is 0 Å². The molecule has 2 aliphatic rings. The van der Waals surface area contributed by atoms with Gasteiger partial charge in [0.05, 0.1) is 27.4 Å². The molecule has 2 aromatic rings. The average molecular weight is 575 g/mol. The van der Waals surface area contributed by atoms with Gasteiger partial charge in [-0.15, -0.1) is 0 Å². The normalized spacial score (nSPS) is 27.8. The van der Waals surface area contributed by atoms with Gasteiger partial charge in [-0.2, -0.15) is 0 Å². The molecule has 1 amide bonds. The highest BCUT2D eigenvalue weighted by Crippen LogP contribution is 2.54. The third-order valence-electron chi connectivity index (χ3n) is 7.94. The molecule has 4 N–H and O–H groups in total. The number of fused-ring (bicyclic) bond motifs is 2. The van der Waals surface area contributed by atoms with Crippen LogP contribution in [0.2, 0.25) is 5.02 Å². The van der Waals surface area contributed by atoms with Gasteiger partial charge in [-0.05, 0) is 62.1 Å². The predicted molar refractivity (Wildman–Crippen MR) is 136 cm³/mol. The minimum Gasteiger partial charge on any atom is -0.395 e. The van der Waals surface area contributed by atoms with Gasteiger partial charge < -0.3 is 20.8 Å². The first-order chi connectivity index (χ1) is 17.8. The Morgan fingerprint density at radius 2 is 1.82 bits per heavy atom. The summed E-state index contributed by atoms with van der Waals surface area (Å²) in [7, 11) is -4.03. The second-order valence-electron chi connectivity index (χ2n) is 10.5. The number of aliphatic hydroxyl groups excluding tert-OH is 1. The lowest BCUT2D eigenvalue weighted by molar-refractivity contribution is -0.0633. The van der Waals surface area contributed by atoms with Crippen LogP contribution in [0.3, 0.4) is 0 Å². The Labute approximate surface area is 224 Å². The van der Waals surface area contributed by atoms with E-state index in [2.05, 4.69) is 10.6 Å². The minimum atomic E-state index is -4.03. The molecule has 4 rings (SSSR count). The monoisotopic (exact) mass is 574 g/mol. The molecule has 6 atom stereocenters. The van der Waals surface area contributed by atoms with Crippen molar-refractivity contribution in [1.29, 1.82) is 0 Å². The number of hydrogen-bond donors (Lipinski definition) is 4. The van der Waals surface area contributed by atoms with Gasteiger partial charge in [0.25, 0.3) is 5.91 Å². The summed E-state index contributed by atoms with van der Waals surface area (Å²) < 4.78 is 67.8. The molecule has 2 bridgehead atoms. The van der Waals surface area contributed by atoms with Gasteiger partial charge in [0.2, 0.25) is 0 Å². The molecule has 2 fully saturated rings. The number of halogens is 4. The molecule has 0 aliphatic heterocycles. The van der Waals surface area contributed by atoms with Gasteiger partial charge in [0.15, 0.2) is 27.3 Å². The standard InChI is InChI=1S/C26H30ClF3N2O5S/c1-13-5-16-7-18(10-19(13)26(16,35)12-31-14(2)11-33)38(36,37)23-6-15(3-4-20(23)27)25(34)32-17-8-21(28)24(30)22(29)9-17/h3-4,6,8-9,13-14,16,18-19,31,33,35H,5,7,10-12H2,1-2H3,(H,32,34)/t13-,14?,16?,18+,19+,26+/m0/s1. The second kappa shape index (κ2) is 10.8. The zero-order valence-corrected chi connectivity index (χ0v) is 22.4. The van der Waals surface area contributed by atoms with Crippen molar-refractivity contribution >= 4 is 33.0 Å². The van der Waals surface area contributed by atoms with Gasteiger partial charge >= 0.3 is 0 Å². The highest BCUT2D eigenvalue weighted by atomic mass is 35.5. The van der Waals surface area contributed by atoms with E-state index >= 15 is 0 Å². The van der Waals surface area contributed by atoms with Crippen molar-refractivity contribution in [2.45, 2.75) is 54.9 Å². The molecule has 2 aromatic carbocycles. The van der Waals surface area contributed by atoms with E-state index in [4.69, 9.17) is 11.6 Å². The zero-order chi connectivity index (χ0) is 28.0. The Morgan fingerprint density at radius 3 is 2.42 bits per heavy atom. The molecule has 2 unspecified atom stereocenters. The SMILES string of the molecule is CC(CO)NC[C@@]1(O)C2C[C@@H](S(=O)(=O)c3cc(C(=O)Nc4cc(F)c(F)c(F)c4)ccc3Cl)C[C@@H]1[C@@H](C)C2. The van der Waals surface area contributed by atoms with Crippen LogP contribution < -0.4 is 10.6 Å². The Kier molecular flexibility index (Phi) is 8.17. The number of hydrogen-bond acceptors (Lipinski definition) is 6. The summed E-state index contributed by atoms with van der Waals surface area (Å²) in [6.45, 7) is 3.92. The van der Waals surface area contributed by atoms with Crippen molar-refractivity contribution in [2.75, 3.05) is 18.5 Å². The summed E-state index contributed by atoms with van der Waals surface area (Å²) in [4.78, 5) is 12.5. The maximum absolute atomic E-state index is 13.7. The number of carbonyl (C=O) groups excluding carboxylic acids is 1. The number of nitrogens with one attached hydrogen (secondary N) is 2. The van der Waals surface area contributed by atoms with Gasteiger partial charge in [-0.25, -0.2) is 21.6 Å². The summed E-state index contributed by atoms with van der Waals surface area (Å²) in [5.41, 5.74) is -1.57. The summed E-state index contributed by atoms with van der Waals surface area (Å²) in [6, 6.07) is 4.64. The van der Waals surface area contributed by atoms with E-state index in [1.165, 1.54) is 12.1 Å². The summed E-state index contributed by atoms with van der Waals surface area (Å²) in [5.74, 6) is -6.01. The fourth-order valence-corrected chi connectivity index (χ4v) is 8.23. The van der Waals surface area contributed by atoms with Crippen LogP contribution in [0.15, 0.2) is 35.2 Å². The molecule has 0 saturated heterocycles. The lowest BCUT2D eigenvalue weighted by atomic mass is 9.73. The van der Waals surface area contributed by atoms with Gasteiger partial charge in [0.1, 0.15) is 0 Å². The van der Waals surface area contributed by atoms with Gasteiger partial charge in [-0.1, -0.05) is 18.5 Å². The van der Waals surface area contributed by atoms with E-state index < -0.39 is 44.0 Å². The largest absolute Gasteiger partial charge is 0.395 e. The van der Waals surface area contributed by atoms with Crippen LogP contribution in [0.4, 0.5) is 18.9 Å². The van der Waals surface area contributed by atoms with E-state index in [1.54, 1.807) is 6.92 Å². The molecule has 0 heterocycles. The molecule has 0 aromatic heterocycles. The average Bonchev–Trinajstić information content (AvgIpc) is 2.98. The fourth-order valence-electron chi connectivity index (χ4n) is 5.85. The van der Waals surface area contributed by atoms with Crippen LogP contribution in [-0.2, 0) is 9.84 Å². The second-order valence-corrected chi connectivity index (χ2v) is 13.1. The smallest absolute Gasteiger partial charge is 0.255 e. The Balaban J connectivity index is 1.57. The molecular formula is C26H30ClF3N2O5S. The van der Waals surface area contributed by atoms with E-state index in [9.17, 15) is 36.6 Å². The highest BCUT2D eigenvalue weighted by molar-refractivity contribution is 7.92. The van der Waals surface area contributed by atoms with Gasteiger partial charge in [0, 0.05) is 36.0 Å². The van der Waals surface area contributed by atoms with Crippen LogP contribution in [0.1, 0.15) is 43.5 Å². The van der Waals surface area contributed by atoms with Crippen molar-refractivity contribution in [1.82, 2.24) is 5.32 Å². The molecular weight excluding hydrogens is 545 g/mol. The lowest BCUT2D eigenvalue weighted by Gasteiger charge is -2.43. The number of anilines is 1. The predicted octanol–water partition coefficient (Wildman–Crippen LogP) is 3.92. The summed E-state index contributed by atoms with van der Waals surface area (Å²) >= 11 is 6.26. The molecule has 0 spiro atoms. The fraction of sp³-hybridized carbons (Fsp3) is 0.500. The molecule has 0 radical (unpaired) electrons. The number of carbonyl (C=O) groups is 1. The van der Waals surface area contributed by atoms with Crippen molar-refractivity contribution in [3.63, 3.8) is 0 Å². The first kappa shape index (κ1) is 28.8. The molecule has 208 valence electrons. The number of rotatable bonds is 8. The quantitative estimate of drug-likeness (QED) is 0.355. The van der Waals surface area contributed by atoms with Crippen LogP contribution >= 0.6 is 11.6 Å². The highest BCUT2D eigenvalue weighted by Gasteiger charge is 2.58. The van der Waals surface area contributed by atoms with Crippen molar-refractivity contribution in [3.05, 3.63) is 58.4 Å². The molecule has 7 nitrogen and oxygen atoms in total. The van der Waals surface area contributed by atoms with E-state index in [0.29, 0.717) is 18.6 Å². The first-order valence-corrected chi connectivity index (χ1v) is 14.3. The Morgan fingerprint density at radius 1 is 1.16 bits per heavy atom. The lowest BCUT2D eigenvalue weighted by Crippen LogP contribution is -2.55. The van der Waals surface area contributed by atoms with E-state index in [-0.39, 0.29) is 71.0 Å². The molecule has 12 heteroatoms. The van der Waals surface area contributed by atoms with Crippen LogP contribution in [0.5, 0.6) is 0 Å². The number of aliphatic hydroxyl groups is 2. The van der Waals surface area contributed by atoms with Crippen LogP contribution in [0, 0.1) is 35.2 Å². The molecule has 38 heavy (non-hydrogen) atoms. The zero-order valence-electron chi connectivity index (χ0n) is 20.8. The van der Waals surface area contributed by atoms with Gasteiger partial charge in [-0.3, -0.25) is 4.79 Å². The first-order valence-electron chi connectivity index (χ1n) is 12.3.